The second-order valence-electron chi connectivity index (χ2n) is 5.17. The van der Waals surface area contributed by atoms with Gasteiger partial charge in [-0.25, -0.2) is 0 Å². The lowest BCUT2D eigenvalue weighted by Crippen LogP contribution is -2.52. The van der Waals surface area contributed by atoms with Crippen molar-refractivity contribution in [1.82, 2.24) is 10.2 Å². The van der Waals surface area contributed by atoms with Gasteiger partial charge in [0.25, 0.3) is 0 Å². The molecule has 92 valence electrons. The van der Waals surface area contributed by atoms with Crippen molar-refractivity contribution in [1.29, 1.82) is 0 Å². The molecule has 4 nitrogen and oxygen atoms in total. The van der Waals surface area contributed by atoms with Gasteiger partial charge in [-0.3, -0.25) is 4.79 Å². The molecule has 0 aromatic rings. The minimum absolute atomic E-state index is 0.00763. The molecule has 2 rings (SSSR count). The number of likely N-dealkylation sites (N-methyl/N-ethyl adjacent to an activating group) is 1. The van der Waals surface area contributed by atoms with E-state index in [0.29, 0.717) is 0 Å². The molecule has 1 heterocycles. The van der Waals surface area contributed by atoms with Crippen molar-refractivity contribution in [3.8, 4) is 0 Å². The van der Waals surface area contributed by atoms with Crippen molar-refractivity contribution in [3.05, 3.63) is 0 Å². The van der Waals surface area contributed by atoms with Gasteiger partial charge in [-0.05, 0) is 32.2 Å². The Bertz CT molecular complexity index is 262. The molecular weight excluding hydrogens is 204 g/mol. The zero-order valence-corrected chi connectivity index (χ0v) is 10.0. The van der Waals surface area contributed by atoms with Crippen LogP contribution in [0.5, 0.6) is 0 Å². The number of nitrogens with zero attached hydrogens (tertiary/aromatic N) is 1. The van der Waals surface area contributed by atoms with Crippen molar-refractivity contribution in [2.45, 2.75) is 38.6 Å². The molecule has 1 saturated heterocycles. The van der Waals surface area contributed by atoms with Crippen molar-refractivity contribution < 1.29 is 9.90 Å². The minimum Gasteiger partial charge on any atom is -0.396 e. The number of aliphatic hydroxyl groups is 1. The number of amides is 1. The van der Waals surface area contributed by atoms with E-state index in [0.717, 1.165) is 45.3 Å². The number of likely N-dealkylation sites (tertiary alicyclic amines) is 1. The van der Waals surface area contributed by atoms with Crippen LogP contribution < -0.4 is 5.32 Å². The average molecular weight is 226 g/mol. The van der Waals surface area contributed by atoms with Gasteiger partial charge < -0.3 is 15.3 Å². The fourth-order valence-corrected chi connectivity index (χ4v) is 2.48. The number of carbonyl (C=O) groups excluding carboxylic acids is 1. The van der Waals surface area contributed by atoms with Gasteiger partial charge in [0.2, 0.25) is 5.91 Å². The van der Waals surface area contributed by atoms with E-state index in [-0.39, 0.29) is 24.0 Å². The number of carbonyl (C=O) groups is 1. The van der Waals surface area contributed by atoms with E-state index in [1.165, 1.54) is 0 Å². The Kier molecular flexibility index (Phi) is 3.50. The summed E-state index contributed by atoms with van der Waals surface area (Å²) < 4.78 is 0. The van der Waals surface area contributed by atoms with Crippen LogP contribution in [0.3, 0.4) is 0 Å². The normalized spacial score (nSPS) is 28.2. The zero-order valence-electron chi connectivity index (χ0n) is 10.0. The molecule has 0 radical (unpaired) electrons. The maximum absolute atomic E-state index is 12.1. The first-order valence-corrected chi connectivity index (χ1v) is 6.34. The highest BCUT2D eigenvalue weighted by Gasteiger charge is 2.45. The summed E-state index contributed by atoms with van der Waals surface area (Å²) in [5, 5.41) is 12.5. The molecule has 0 aromatic heterocycles. The Morgan fingerprint density at radius 2 is 2.31 bits per heavy atom. The lowest BCUT2D eigenvalue weighted by Gasteiger charge is -2.34. The summed E-state index contributed by atoms with van der Waals surface area (Å²) in [5.74, 6) is 0.229. The van der Waals surface area contributed by atoms with Crippen LogP contribution >= 0.6 is 0 Å². The summed E-state index contributed by atoms with van der Waals surface area (Å²) in [6.07, 6.45) is 4.17. The predicted octanol–water partition coefficient (Wildman–Crippen LogP) is 0.359. The van der Waals surface area contributed by atoms with Gasteiger partial charge >= 0.3 is 0 Å². The van der Waals surface area contributed by atoms with Crippen molar-refractivity contribution in [3.63, 3.8) is 0 Å². The molecule has 1 atom stereocenters. The second kappa shape index (κ2) is 4.72. The Hall–Kier alpha value is -0.610. The minimum atomic E-state index is 0.00763. The Morgan fingerprint density at radius 3 is 2.88 bits per heavy atom. The molecule has 1 aliphatic heterocycles. The first-order valence-electron chi connectivity index (χ1n) is 6.34. The van der Waals surface area contributed by atoms with Crippen LogP contribution in [0.25, 0.3) is 0 Å². The highest BCUT2D eigenvalue weighted by Crippen LogP contribution is 2.45. The largest absolute Gasteiger partial charge is 0.396 e. The van der Waals surface area contributed by atoms with E-state index >= 15 is 0 Å². The van der Waals surface area contributed by atoms with Crippen LogP contribution in [-0.2, 0) is 4.79 Å². The number of hydrogen-bond donors (Lipinski definition) is 2. The smallest absolute Gasteiger partial charge is 0.239 e. The highest BCUT2D eigenvalue weighted by molar-refractivity contribution is 5.82. The molecule has 4 heteroatoms. The van der Waals surface area contributed by atoms with Gasteiger partial charge in [0.15, 0.2) is 0 Å². The van der Waals surface area contributed by atoms with Crippen LogP contribution in [0.15, 0.2) is 0 Å². The van der Waals surface area contributed by atoms with E-state index < -0.39 is 0 Å². The maximum Gasteiger partial charge on any atom is 0.239 e. The third kappa shape index (κ3) is 2.38. The molecule has 2 N–H and O–H groups in total. The van der Waals surface area contributed by atoms with Gasteiger partial charge in [0.1, 0.15) is 0 Å². The maximum atomic E-state index is 12.1. The summed E-state index contributed by atoms with van der Waals surface area (Å²) in [5.41, 5.74) is 0.0454. The molecule has 1 aliphatic carbocycles. The van der Waals surface area contributed by atoms with Gasteiger partial charge in [0.05, 0.1) is 12.6 Å². The summed E-state index contributed by atoms with van der Waals surface area (Å²) >= 11 is 0. The van der Waals surface area contributed by atoms with Crippen LogP contribution in [0.2, 0.25) is 0 Å². The number of nitrogens with one attached hydrogen (secondary N) is 1. The van der Waals surface area contributed by atoms with Crippen LogP contribution in [0.4, 0.5) is 0 Å². The van der Waals surface area contributed by atoms with E-state index in [2.05, 4.69) is 5.32 Å². The second-order valence-corrected chi connectivity index (χ2v) is 5.17. The zero-order chi connectivity index (χ0) is 11.6. The third-order valence-corrected chi connectivity index (χ3v) is 3.80. The molecule has 1 saturated carbocycles. The molecule has 1 amide bonds. The topological polar surface area (TPSA) is 52.6 Å². The fourth-order valence-electron chi connectivity index (χ4n) is 2.48. The van der Waals surface area contributed by atoms with Gasteiger partial charge in [-0.1, -0.05) is 6.92 Å². The van der Waals surface area contributed by atoms with E-state index in [9.17, 15) is 9.90 Å². The number of piperidine rings is 1. The molecule has 16 heavy (non-hydrogen) atoms. The SMILES string of the molecule is CCNC1CCCN(CC2(CO)CC2)C1=O. The lowest BCUT2D eigenvalue weighted by molar-refractivity contribution is -0.137. The molecule has 0 aromatic carbocycles. The van der Waals surface area contributed by atoms with Gasteiger partial charge in [-0.15, -0.1) is 0 Å². The fraction of sp³-hybridized carbons (Fsp3) is 0.917. The lowest BCUT2D eigenvalue weighted by atomic mass is 10.0. The predicted molar refractivity (Wildman–Crippen MR) is 62.0 cm³/mol. The number of hydrogen-bond acceptors (Lipinski definition) is 3. The van der Waals surface area contributed by atoms with Crippen molar-refractivity contribution in [2.75, 3.05) is 26.2 Å². The highest BCUT2D eigenvalue weighted by atomic mass is 16.3. The molecule has 2 fully saturated rings. The Morgan fingerprint density at radius 1 is 1.56 bits per heavy atom. The van der Waals surface area contributed by atoms with E-state index in [1.54, 1.807) is 0 Å². The van der Waals surface area contributed by atoms with Crippen LogP contribution in [0, 0.1) is 5.41 Å². The molecule has 1 unspecified atom stereocenters. The van der Waals surface area contributed by atoms with Crippen LogP contribution in [-0.4, -0.2) is 48.2 Å². The van der Waals surface area contributed by atoms with Gasteiger partial charge in [0, 0.05) is 18.5 Å². The Balaban J connectivity index is 1.91. The summed E-state index contributed by atoms with van der Waals surface area (Å²) in [6, 6.07) is 0.00763. The van der Waals surface area contributed by atoms with Crippen LogP contribution in [0.1, 0.15) is 32.6 Å². The number of rotatable bonds is 5. The molecule has 2 aliphatic rings. The average Bonchev–Trinajstić information content (AvgIpc) is 3.05. The molecule has 0 bridgehead atoms. The Labute approximate surface area is 97.0 Å². The van der Waals surface area contributed by atoms with Gasteiger partial charge in [-0.2, -0.15) is 0 Å². The van der Waals surface area contributed by atoms with E-state index in [4.69, 9.17) is 0 Å². The quantitative estimate of drug-likeness (QED) is 0.711. The van der Waals surface area contributed by atoms with Crippen molar-refractivity contribution >= 4 is 5.91 Å². The first-order chi connectivity index (χ1) is 7.71. The summed E-state index contributed by atoms with van der Waals surface area (Å²) in [7, 11) is 0. The third-order valence-electron chi connectivity index (χ3n) is 3.80. The number of aliphatic hydroxyl groups excluding tert-OH is 1. The summed E-state index contributed by atoms with van der Waals surface area (Å²) in [6.45, 7) is 4.72. The molecular formula is C12H22N2O2. The first kappa shape index (κ1) is 11.9. The standard InChI is InChI=1S/C12H22N2O2/c1-2-13-10-4-3-7-14(11(10)16)8-12(9-15)5-6-12/h10,13,15H,2-9H2,1H3. The molecule has 0 spiro atoms. The van der Waals surface area contributed by atoms with E-state index in [1.807, 2.05) is 11.8 Å². The monoisotopic (exact) mass is 226 g/mol. The summed E-state index contributed by atoms with van der Waals surface area (Å²) in [4.78, 5) is 14.1. The van der Waals surface area contributed by atoms with Crippen molar-refractivity contribution in [2.24, 2.45) is 5.41 Å².